The largest absolute Gasteiger partial charge is 0.358 e. The van der Waals surface area contributed by atoms with E-state index >= 15 is 0 Å². The number of fused-ring (bicyclic) bond motifs is 1. The number of para-hydroxylation sites is 1. The number of aryl methyl sites for hydroxylation is 1. The Kier molecular flexibility index (Phi) is 7.79. The third kappa shape index (κ3) is 5.49. The summed E-state index contributed by atoms with van der Waals surface area (Å²) in [4.78, 5) is 10.2. The molecule has 1 heterocycles. The molecule has 0 fully saturated rings. The predicted octanol–water partition coefficient (Wildman–Crippen LogP) is 2.92. The maximum absolute atomic E-state index is 4.33. The van der Waals surface area contributed by atoms with Crippen LogP contribution in [0.4, 0.5) is 0 Å². The smallest absolute Gasteiger partial charge is 0.191 e. The first-order valence-electron chi connectivity index (χ1n) is 9.42. The molecular weight excluding hydrogens is 310 g/mol. The lowest BCUT2D eigenvalue weighted by Gasteiger charge is -2.20. The third-order valence-electron chi connectivity index (χ3n) is 4.63. The molecule has 5 nitrogen and oxygen atoms in total. The van der Waals surface area contributed by atoms with Gasteiger partial charge in [0.25, 0.3) is 0 Å². The van der Waals surface area contributed by atoms with Crippen molar-refractivity contribution in [2.75, 3.05) is 39.8 Å². The Labute approximate surface area is 151 Å². The molecule has 0 bridgehead atoms. The van der Waals surface area contributed by atoms with Gasteiger partial charge in [-0.3, -0.25) is 4.99 Å². The zero-order chi connectivity index (χ0) is 18.1. The lowest BCUT2D eigenvalue weighted by atomic mass is 10.1. The highest BCUT2D eigenvalue weighted by Crippen LogP contribution is 2.21. The minimum absolute atomic E-state index is 0.870. The monoisotopic (exact) mass is 343 g/mol. The Balaban J connectivity index is 1.80. The van der Waals surface area contributed by atoms with Crippen LogP contribution >= 0.6 is 0 Å². The van der Waals surface area contributed by atoms with E-state index in [1.807, 2.05) is 7.05 Å². The molecule has 0 radical (unpaired) electrons. The molecule has 0 spiro atoms. The number of hydrogen-bond donors (Lipinski definition) is 3. The van der Waals surface area contributed by atoms with Crippen LogP contribution in [0.2, 0.25) is 0 Å². The van der Waals surface area contributed by atoms with E-state index in [1.165, 1.54) is 28.6 Å². The van der Waals surface area contributed by atoms with Crippen LogP contribution in [-0.2, 0) is 6.42 Å². The number of nitrogens with zero attached hydrogens (tertiary/aromatic N) is 2. The molecule has 0 aliphatic rings. The fourth-order valence-corrected chi connectivity index (χ4v) is 3.26. The molecule has 0 atom stereocenters. The quantitative estimate of drug-likeness (QED) is 0.485. The second kappa shape index (κ2) is 10.1. The molecule has 0 unspecified atom stereocenters. The number of rotatable bonds is 9. The molecular formula is C20H33N5. The minimum atomic E-state index is 0.870. The van der Waals surface area contributed by atoms with Gasteiger partial charge < -0.3 is 20.5 Å². The van der Waals surface area contributed by atoms with E-state index < -0.39 is 0 Å². The van der Waals surface area contributed by atoms with Crippen LogP contribution in [0.15, 0.2) is 29.3 Å². The van der Waals surface area contributed by atoms with Gasteiger partial charge in [0, 0.05) is 43.3 Å². The van der Waals surface area contributed by atoms with Crippen LogP contribution in [0.1, 0.15) is 31.5 Å². The van der Waals surface area contributed by atoms with Crippen molar-refractivity contribution in [3.05, 3.63) is 35.5 Å². The number of aromatic nitrogens is 1. The van der Waals surface area contributed by atoms with Gasteiger partial charge in [0.2, 0.25) is 0 Å². The van der Waals surface area contributed by atoms with Gasteiger partial charge in [-0.2, -0.15) is 0 Å². The Morgan fingerprint density at radius 3 is 2.60 bits per heavy atom. The number of nitrogens with one attached hydrogen (secondary N) is 3. The Bertz CT molecular complexity index is 674. The highest BCUT2D eigenvalue weighted by molar-refractivity contribution is 5.84. The molecule has 25 heavy (non-hydrogen) atoms. The topological polar surface area (TPSA) is 55.4 Å². The molecule has 5 heteroatoms. The van der Waals surface area contributed by atoms with Crippen molar-refractivity contribution >= 4 is 16.9 Å². The first kappa shape index (κ1) is 19.3. The van der Waals surface area contributed by atoms with Gasteiger partial charge >= 0.3 is 0 Å². The zero-order valence-electron chi connectivity index (χ0n) is 16.2. The van der Waals surface area contributed by atoms with Crippen LogP contribution in [0.25, 0.3) is 10.9 Å². The van der Waals surface area contributed by atoms with E-state index in [-0.39, 0.29) is 0 Å². The van der Waals surface area contributed by atoms with E-state index in [2.05, 4.69) is 70.5 Å². The number of guanidine groups is 1. The van der Waals surface area contributed by atoms with Crippen LogP contribution in [0, 0.1) is 6.92 Å². The molecule has 0 aliphatic carbocycles. The molecule has 2 aromatic rings. The number of benzene rings is 1. The molecule has 3 N–H and O–H groups in total. The molecule has 0 aliphatic heterocycles. The number of H-pyrrole nitrogens is 1. The van der Waals surface area contributed by atoms with Gasteiger partial charge in [0.05, 0.1) is 0 Å². The molecule has 0 saturated carbocycles. The summed E-state index contributed by atoms with van der Waals surface area (Å²) in [5.74, 6) is 0.880. The standard InChI is InChI=1S/C20H33N5/c1-5-14-25(6-2)15-13-23-20(21-4)22-12-11-17-16(3)24-19-10-8-7-9-18(17)19/h7-10,24H,5-6,11-15H2,1-4H3,(H2,21,22,23). The minimum Gasteiger partial charge on any atom is -0.358 e. The lowest BCUT2D eigenvalue weighted by Crippen LogP contribution is -2.42. The number of hydrogen-bond acceptors (Lipinski definition) is 2. The first-order valence-corrected chi connectivity index (χ1v) is 9.42. The van der Waals surface area contributed by atoms with E-state index in [0.717, 1.165) is 45.1 Å². The van der Waals surface area contributed by atoms with Gasteiger partial charge in [-0.25, -0.2) is 0 Å². The van der Waals surface area contributed by atoms with Gasteiger partial charge in [0.1, 0.15) is 0 Å². The van der Waals surface area contributed by atoms with Crippen LogP contribution < -0.4 is 10.6 Å². The van der Waals surface area contributed by atoms with E-state index in [9.17, 15) is 0 Å². The molecule has 0 saturated heterocycles. The summed E-state index contributed by atoms with van der Waals surface area (Å²) in [5.41, 5.74) is 3.86. The number of aromatic amines is 1. The van der Waals surface area contributed by atoms with E-state index in [4.69, 9.17) is 0 Å². The lowest BCUT2D eigenvalue weighted by molar-refractivity contribution is 0.293. The molecule has 1 aromatic carbocycles. The average molecular weight is 344 g/mol. The molecule has 0 amide bonds. The SMILES string of the molecule is CCCN(CC)CCNC(=NC)NCCc1c(C)[nH]c2ccccc12. The van der Waals surface area contributed by atoms with Crippen LogP contribution in [-0.4, -0.2) is 55.6 Å². The number of aliphatic imine (C=N–C) groups is 1. The summed E-state index contributed by atoms with van der Waals surface area (Å²) in [5, 5.41) is 8.17. The molecule has 2 rings (SSSR count). The summed E-state index contributed by atoms with van der Waals surface area (Å²) >= 11 is 0. The van der Waals surface area contributed by atoms with Crippen molar-refractivity contribution in [2.24, 2.45) is 4.99 Å². The van der Waals surface area contributed by atoms with Gasteiger partial charge in [-0.05, 0) is 44.5 Å². The number of likely N-dealkylation sites (N-methyl/N-ethyl adjacent to an activating group) is 1. The Morgan fingerprint density at radius 1 is 1.12 bits per heavy atom. The molecule has 138 valence electrons. The maximum Gasteiger partial charge on any atom is 0.191 e. The van der Waals surface area contributed by atoms with Crippen molar-refractivity contribution in [1.29, 1.82) is 0 Å². The molecule has 1 aromatic heterocycles. The van der Waals surface area contributed by atoms with Crippen molar-refractivity contribution in [3.63, 3.8) is 0 Å². The normalized spacial score (nSPS) is 12.1. The highest BCUT2D eigenvalue weighted by atomic mass is 15.2. The van der Waals surface area contributed by atoms with Gasteiger partial charge in [0.15, 0.2) is 5.96 Å². The van der Waals surface area contributed by atoms with Crippen molar-refractivity contribution < 1.29 is 0 Å². The Morgan fingerprint density at radius 2 is 1.88 bits per heavy atom. The van der Waals surface area contributed by atoms with E-state index in [1.54, 1.807) is 0 Å². The Hall–Kier alpha value is -2.01. The van der Waals surface area contributed by atoms with Crippen molar-refractivity contribution in [3.8, 4) is 0 Å². The van der Waals surface area contributed by atoms with Gasteiger partial charge in [-0.15, -0.1) is 0 Å². The fourth-order valence-electron chi connectivity index (χ4n) is 3.26. The fraction of sp³-hybridized carbons (Fsp3) is 0.550. The summed E-state index contributed by atoms with van der Waals surface area (Å²) in [7, 11) is 1.83. The summed E-state index contributed by atoms with van der Waals surface area (Å²) in [6, 6.07) is 8.50. The third-order valence-corrected chi connectivity index (χ3v) is 4.63. The van der Waals surface area contributed by atoms with E-state index in [0.29, 0.717) is 0 Å². The first-order chi connectivity index (χ1) is 12.2. The van der Waals surface area contributed by atoms with Crippen LogP contribution in [0.3, 0.4) is 0 Å². The second-order valence-corrected chi connectivity index (χ2v) is 6.38. The van der Waals surface area contributed by atoms with Crippen LogP contribution in [0.5, 0.6) is 0 Å². The summed E-state index contributed by atoms with van der Waals surface area (Å²) in [6.07, 6.45) is 2.18. The predicted molar refractivity (Wildman–Crippen MR) is 109 cm³/mol. The zero-order valence-corrected chi connectivity index (χ0v) is 16.2. The average Bonchev–Trinajstić information content (AvgIpc) is 2.95. The van der Waals surface area contributed by atoms with Gasteiger partial charge in [-0.1, -0.05) is 32.0 Å². The maximum atomic E-state index is 4.33. The van der Waals surface area contributed by atoms with Crippen molar-refractivity contribution in [1.82, 2.24) is 20.5 Å². The van der Waals surface area contributed by atoms with Crippen molar-refractivity contribution in [2.45, 2.75) is 33.6 Å². The highest BCUT2D eigenvalue weighted by Gasteiger charge is 2.08. The second-order valence-electron chi connectivity index (χ2n) is 6.38. The summed E-state index contributed by atoms with van der Waals surface area (Å²) < 4.78 is 0. The summed E-state index contributed by atoms with van der Waals surface area (Å²) in [6.45, 7) is 11.7.